The molecule has 7 nitrogen and oxygen atoms in total. The van der Waals surface area contributed by atoms with Crippen LogP contribution in [0.4, 0.5) is 0 Å². The molecular formula is C18H23NO6S. The van der Waals surface area contributed by atoms with Gasteiger partial charge in [0.05, 0.1) is 11.3 Å². The number of hydrogen-bond acceptors (Lipinski definition) is 6. The normalized spacial score (nSPS) is 22.5. The van der Waals surface area contributed by atoms with Crippen molar-refractivity contribution in [2.45, 2.75) is 49.2 Å². The molecule has 2 rings (SSSR count). The van der Waals surface area contributed by atoms with Crippen LogP contribution >= 0.6 is 0 Å². The van der Waals surface area contributed by atoms with Crippen LogP contribution < -0.4 is 0 Å². The van der Waals surface area contributed by atoms with E-state index in [0.717, 1.165) is 5.56 Å². The number of methoxy groups -OCH3 is 1. The lowest BCUT2D eigenvalue weighted by atomic mass is 9.96. The Morgan fingerprint density at radius 2 is 2.00 bits per heavy atom. The molecule has 0 bridgehead atoms. The lowest BCUT2D eigenvalue weighted by Crippen LogP contribution is -2.34. The quantitative estimate of drug-likeness (QED) is 0.390. The van der Waals surface area contributed by atoms with Gasteiger partial charge in [0, 0.05) is 19.4 Å². The molecule has 1 aliphatic rings. The standard InChI is InChI=1S/C18H23NO6S/c1-12-5-7-14(8-6-12)26(21,22)16(19-3)9-13(2)18-15(24-11-23-4)10-17(20)25-18/h5-8,13,15-16,18H,9-11H2,1-2,4H3/t13-,15-,16?,18-/m0/s1. The molecule has 1 fully saturated rings. The van der Waals surface area contributed by atoms with Gasteiger partial charge in [-0.15, -0.1) is 0 Å². The van der Waals surface area contributed by atoms with Gasteiger partial charge in [-0.3, -0.25) is 9.64 Å². The number of benzene rings is 1. The summed E-state index contributed by atoms with van der Waals surface area (Å²) in [6.45, 7) is 11.0. The molecule has 0 aliphatic carbocycles. The molecule has 0 spiro atoms. The Hall–Kier alpha value is -1.95. The number of sulfone groups is 1. The maximum atomic E-state index is 12.8. The monoisotopic (exact) mass is 381 g/mol. The molecule has 1 heterocycles. The predicted octanol–water partition coefficient (Wildman–Crippen LogP) is 2.34. The first-order valence-electron chi connectivity index (χ1n) is 8.26. The van der Waals surface area contributed by atoms with Gasteiger partial charge in [-0.2, -0.15) is 0 Å². The maximum Gasteiger partial charge on any atom is 0.325 e. The molecule has 0 aromatic heterocycles. The molecule has 0 radical (unpaired) electrons. The molecule has 1 aromatic carbocycles. The topological polar surface area (TPSA) is 83.3 Å². The second-order valence-corrected chi connectivity index (χ2v) is 8.53. The van der Waals surface area contributed by atoms with Gasteiger partial charge >= 0.3 is 11.3 Å². The van der Waals surface area contributed by atoms with E-state index in [4.69, 9.17) is 20.8 Å². The van der Waals surface area contributed by atoms with E-state index in [2.05, 4.69) is 4.85 Å². The molecule has 8 heteroatoms. The minimum atomic E-state index is -3.80. The summed E-state index contributed by atoms with van der Waals surface area (Å²) in [6, 6.07) is 6.41. The maximum absolute atomic E-state index is 12.8. The minimum absolute atomic E-state index is 0.0123. The van der Waals surface area contributed by atoms with E-state index in [0.29, 0.717) is 0 Å². The van der Waals surface area contributed by atoms with E-state index in [9.17, 15) is 13.2 Å². The number of cyclic esters (lactones) is 1. The van der Waals surface area contributed by atoms with Gasteiger partial charge in [-0.25, -0.2) is 15.0 Å². The summed E-state index contributed by atoms with van der Waals surface area (Å²) in [7, 11) is -2.33. The zero-order valence-corrected chi connectivity index (χ0v) is 15.9. The third-order valence-electron chi connectivity index (χ3n) is 4.39. The molecule has 0 amide bonds. The smallest absolute Gasteiger partial charge is 0.325 e. The fraction of sp³-hybridized carbons (Fsp3) is 0.556. The highest BCUT2D eigenvalue weighted by molar-refractivity contribution is 7.92. The molecule has 0 saturated carbocycles. The highest BCUT2D eigenvalue weighted by atomic mass is 32.2. The average Bonchev–Trinajstić information content (AvgIpc) is 2.98. The number of hydrogen-bond donors (Lipinski definition) is 0. The fourth-order valence-corrected chi connectivity index (χ4v) is 4.46. The van der Waals surface area contributed by atoms with E-state index >= 15 is 0 Å². The number of rotatable bonds is 8. The Morgan fingerprint density at radius 1 is 1.35 bits per heavy atom. The Kier molecular flexibility index (Phi) is 6.75. The average molecular weight is 381 g/mol. The number of ether oxygens (including phenoxy) is 3. The van der Waals surface area contributed by atoms with E-state index < -0.39 is 33.4 Å². The van der Waals surface area contributed by atoms with E-state index in [1.165, 1.54) is 19.2 Å². The lowest BCUT2D eigenvalue weighted by Gasteiger charge is -2.24. The number of nitrogens with zero attached hydrogens (tertiary/aromatic N) is 1. The first kappa shape index (κ1) is 20.4. The van der Waals surface area contributed by atoms with Gasteiger partial charge in [0.2, 0.25) is 0 Å². The summed E-state index contributed by atoms with van der Waals surface area (Å²) in [5.41, 5.74) is 0.938. The summed E-state index contributed by atoms with van der Waals surface area (Å²) in [5.74, 6) is -0.758. The second kappa shape index (κ2) is 8.62. The van der Waals surface area contributed by atoms with Crippen molar-refractivity contribution < 1.29 is 27.4 Å². The van der Waals surface area contributed by atoms with Crippen LogP contribution in [0.5, 0.6) is 0 Å². The SMILES string of the molecule is [C-]#[N+]C(C[C@H](C)[C@@H]1OC(=O)C[C@@H]1OCOC)S(=O)(=O)c1ccc(C)cc1. The van der Waals surface area contributed by atoms with E-state index in [-0.39, 0.29) is 30.4 Å². The van der Waals surface area contributed by atoms with Gasteiger partial charge in [-0.05, 0) is 19.1 Å². The molecule has 0 N–H and O–H groups in total. The predicted molar refractivity (Wildman–Crippen MR) is 93.8 cm³/mol. The molecule has 142 valence electrons. The van der Waals surface area contributed by atoms with Crippen molar-refractivity contribution >= 4 is 15.8 Å². The summed E-state index contributed by atoms with van der Waals surface area (Å²) in [4.78, 5) is 15.1. The number of carbonyl (C=O) groups is 1. The number of carbonyl (C=O) groups excluding carboxylic acids is 1. The zero-order chi connectivity index (χ0) is 19.3. The fourth-order valence-electron chi connectivity index (χ4n) is 2.93. The van der Waals surface area contributed by atoms with E-state index in [1.807, 2.05) is 6.92 Å². The van der Waals surface area contributed by atoms with Crippen LogP contribution in [0, 0.1) is 19.4 Å². The number of aryl methyl sites for hydroxylation is 1. The Bertz CT molecular complexity index is 768. The van der Waals surface area contributed by atoms with Crippen LogP contribution in [0.3, 0.4) is 0 Å². The molecule has 1 saturated heterocycles. The third kappa shape index (κ3) is 4.61. The van der Waals surface area contributed by atoms with Crippen molar-refractivity contribution in [1.82, 2.24) is 0 Å². The van der Waals surface area contributed by atoms with Crippen LogP contribution in [0.2, 0.25) is 0 Å². The molecule has 26 heavy (non-hydrogen) atoms. The highest BCUT2D eigenvalue weighted by Gasteiger charge is 2.43. The van der Waals surface area contributed by atoms with Crippen molar-refractivity contribution in [2.75, 3.05) is 13.9 Å². The highest BCUT2D eigenvalue weighted by Crippen LogP contribution is 2.31. The molecule has 1 unspecified atom stereocenters. The largest absolute Gasteiger partial charge is 0.459 e. The van der Waals surface area contributed by atoms with Crippen LogP contribution in [-0.4, -0.2) is 45.9 Å². The van der Waals surface area contributed by atoms with Gasteiger partial charge in [-0.1, -0.05) is 24.6 Å². The van der Waals surface area contributed by atoms with Gasteiger partial charge in [0.1, 0.15) is 19.0 Å². The molecule has 1 aromatic rings. The van der Waals surface area contributed by atoms with Gasteiger partial charge in [0.15, 0.2) is 0 Å². The van der Waals surface area contributed by atoms with Crippen molar-refractivity contribution in [2.24, 2.45) is 5.92 Å². The first-order valence-corrected chi connectivity index (χ1v) is 9.81. The van der Waals surface area contributed by atoms with Crippen LogP contribution in [0.15, 0.2) is 29.2 Å². The minimum Gasteiger partial charge on any atom is -0.459 e. The Morgan fingerprint density at radius 3 is 2.58 bits per heavy atom. The Balaban J connectivity index is 2.14. The van der Waals surface area contributed by atoms with Crippen LogP contribution in [0.1, 0.15) is 25.3 Å². The van der Waals surface area contributed by atoms with Crippen LogP contribution in [0.25, 0.3) is 4.85 Å². The lowest BCUT2D eigenvalue weighted by molar-refractivity contribution is -0.145. The molecular weight excluding hydrogens is 358 g/mol. The summed E-state index contributed by atoms with van der Waals surface area (Å²) < 4.78 is 41.2. The van der Waals surface area contributed by atoms with Gasteiger partial charge in [0.25, 0.3) is 9.84 Å². The first-order chi connectivity index (χ1) is 12.3. The van der Waals surface area contributed by atoms with Crippen molar-refractivity contribution in [3.8, 4) is 0 Å². The van der Waals surface area contributed by atoms with E-state index in [1.54, 1.807) is 19.1 Å². The second-order valence-electron chi connectivity index (χ2n) is 6.43. The third-order valence-corrected chi connectivity index (χ3v) is 6.33. The van der Waals surface area contributed by atoms with Crippen molar-refractivity contribution in [3.05, 3.63) is 41.2 Å². The molecule has 1 aliphatic heterocycles. The van der Waals surface area contributed by atoms with Gasteiger partial charge < -0.3 is 14.2 Å². The molecule has 4 atom stereocenters. The van der Waals surface area contributed by atoms with Crippen LogP contribution in [-0.2, 0) is 28.8 Å². The summed E-state index contributed by atoms with van der Waals surface area (Å²) in [6.07, 6.45) is -0.975. The zero-order valence-electron chi connectivity index (χ0n) is 15.0. The Labute approximate surface area is 154 Å². The summed E-state index contributed by atoms with van der Waals surface area (Å²) in [5, 5.41) is -1.25. The van der Waals surface area contributed by atoms with Crippen molar-refractivity contribution in [1.29, 1.82) is 0 Å². The summed E-state index contributed by atoms with van der Waals surface area (Å²) >= 11 is 0. The van der Waals surface area contributed by atoms with Crippen molar-refractivity contribution in [3.63, 3.8) is 0 Å². The number of esters is 1.